The van der Waals surface area contributed by atoms with Gasteiger partial charge in [0, 0.05) is 38.9 Å². The molecule has 1 aromatic heterocycles. The van der Waals surface area contributed by atoms with Crippen LogP contribution in [0.4, 0.5) is 11.4 Å². The molecule has 7 heteroatoms. The van der Waals surface area contributed by atoms with Crippen molar-refractivity contribution in [3.05, 3.63) is 40.6 Å². The lowest BCUT2D eigenvalue weighted by Crippen LogP contribution is -2.48. The molecule has 2 aromatic rings. The van der Waals surface area contributed by atoms with E-state index >= 15 is 0 Å². The molecule has 0 unspecified atom stereocenters. The van der Waals surface area contributed by atoms with E-state index in [-0.39, 0.29) is 16.7 Å². The Kier molecular flexibility index (Phi) is 4.40. The summed E-state index contributed by atoms with van der Waals surface area (Å²) in [7, 11) is 0. The number of anilines is 1. The summed E-state index contributed by atoms with van der Waals surface area (Å²) in [5, 5.41) is 21.6. The summed E-state index contributed by atoms with van der Waals surface area (Å²) in [6.07, 6.45) is 1.28. The number of aliphatic hydroxyl groups is 1. The van der Waals surface area contributed by atoms with Crippen molar-refractivity contribution >= 4 is 22.3 Å². The number of β-amino-alcohol motifs (C(OH)–C–C–N with tert-alkyl or cyclic N) is 1. The molecule has 0 radical (unpaired) electrons. The number of fused-ring (bicyclic) bond motifs is 1. The molecule has 2 heterocycles. The molecule has 0 amide bonds. The minimum absolute atomic E-state index is 0.125. The lowest BCUT2D eigenvalue weighted by atomic mass is 10.1. The zero-order valence-corrected chi connectivity index (χ0v) is 13.1. The smallest absolute Gasteiger partial charge is 0.301 e. The van der Waals surface area contributed by atoms with E-state index < -0.39 is 0 Å². The monoisotopic (exact) mass is 316 g/mol. The van der Waals surface area contributed by atoms with Gasteiger partial charge in [-0.1, -0.05) is 0 Å². The summed E-state index contributed by atoms with van der Waals surface area (Å²) in [5.41, 5.74) is 1.41. The second-order valence-corrected chi connectivity index (χ2v) is 5.90. The van der Waals surface area contributed by atoms with E-state index in [1.807, 2.05) is 11.0 Å². The number of pyridine rings is 1. The molecule has 1 fully saturated rings. The Labute approximate surface area is 134 Å². The van der Waals surface area contributed by atoms with Crippen LogP contribution in [0.5, 0.6) is 0 Å². The zero-order chi connectivity index (χ0) is 16.4. The van der Waals surface area contributed by atoms with Gasteiger partial charge in [0.25, 0.3) is 0 Å². The van der Waals surface area contributed by atoms with Crippen molar-refractivity contribution in [1.29, 1.82) is 0 Å². The number of hydrogen-bond acceptors (Lipinski definition) is 6. The highest BCUT2D eigenvalue weighted by molar-refractivity contribution is 5.94. The summed E-state index contributed by atoms with van der Waals surface area (Å²) < 4.78 is 0. The molecule has 1 aromatic carbocycles. The van der Waals surface area contributed by atoms with Crippen molar-refractivity contribution in [1.82, 2.24) is 9.88 Å². The number of aromatic nitrogens is 1. The Morgan fingerprint density at radius 3 is 2.70 bits per heavy atom. The van der Waals surface area contributed by atoms with Gasteiger partial charge in [-0.25, -0.2) is 0 Å². The third kappa shape index (κ3) is 3.25. The lowest BCUT2D eigenvalue weighted by molar-refractivity contribution is -0.382. The number of nitrogens with zero attached hydrogens (tertiary/aromatic N) is 4. The predicted octanol–water partition coefficient (Wildman–Crippen LogP) is 1.65. The van der Waals surface area contributed by atoms with Crippen LogP contribution in [0, 0.1) is 10.1 Å². The Bertz CT molecular complexity index is 712. The van der Waals surface area contributed by atoms with E-state index in [2.05, 4.69) is 9.88 Å². The largest absolute Gasteiger partial charge is 0.392 e. The molecule has 1 saturated heterocycles. The van der Waals surface area contributed by atoms with E-state index in [0.29, 0.717) is 36.2 Å². The van der Waals surface area contributed by atoms with Crippen LogP contribution in [0.3, 0.4) is 0 Å². The maximum atomic E-state index is 11.6. The molecule has 1 atom stereocenters. The van der Waals surface area contributed by atoms with Crippen LogP contribution in [0.2, 0.25) is 0 Å². The van der Waals surface area contributed by atoms with Crippen molar-refractivity contribution in [2.75, 3.05) is 37.6 Å². The van der Waals surface area contributed by atoms with Crippen molar-refractivity contribution < 1.29 is 10.0 Å². The van der Waals surface area contributed by atoms with Crippen molar-refractivity contribution in [2.24, 2.45) is 0 Å². The number of piperazine rings is 1. The van der Waals surface area contributed by atoms with Gasteiger partial charge in [-0.15, -0.1) is 0 Å². The van der Waals surface area contributed by atoms with Gasteiger partial charge in [0.1, 0.15) is 5.69 Å². The average molecular weight is 316 g/mol. The second kappa shape index (κ2) is 6.47. The Balaban J connectivity index is 1.89. The Morgan fingerprint density at radius 1 is 1.30 bits per heavy atom. The average Bonchev–Trinajstić information content (AvgIpc) is 2.53. The summed E-state index contributed by atoms with van der Waals surface area (Å²) in [6.45, 7) is 5.39. The van der Waals surface area contributed by atoms with Crippen LogP contribution in [0.15, 0.2) is 30.5 Å². The molecule has 1 aliphatic rings. The maximum absolute atomic E-state index is 11.6. The highest BCUT2D eigenvalue weighted by Gasteiger charge is 2.26. The number of nitro groups is 1. The van der Waals surface area contributed by atoms with Gasteiger partial charge in [-0.2, -0.15) is 0 Å². The summed E-state index contributed by atoms with van der Waals surface area (Å²) in [4.78, 5) is 19.7. The molecule has 0 aliphatic carbocycles. The zero-order valence-electron chi connectivity index (χ0n) is 13.1. The third-order valence-electron chi connectivity index (χ3n) is 4.15. The van der Waals surface area contributed by atoms with Gasteiger partial charge in [0.05, 0.1) is 21.9 Å². The lowest BCUT2D eigenvalue weighted by Gasteiger charge is -2.36. The Morgan fingerprint density at radius 2 is 2.04 bits per heavy atom. The van der Waals surface area contributed by atoms with Gasteiger partial charge in [-0.05, 0) is 31.2 Å². The van der Waals surface area contributed by atoms with E-state index in [1.165, 1.54) is 0 Å². The predicted molar refractivity (Wildman–Crippen MR) is 88.7 cm³/mol. The standard InChI is InChI=1S/C16H20N4O3/c1-12(21)11-18-7-9-19(10-8-18)15-5-4-14-13(3-2-6-17-14)16(15)20(22)23/h2-6,12,21H,7-11H2,1H3/t12-/m1/s1. The summed E-state index contributed by atoms with van der Waals surface area (Å²) in [6, 6.07) is 7.09. The topological polar surface area (TPSA) is 82.7 Å². The maximum Gasteiger partial charge on any atom is 0.301 e. The van der Waals surface area contributed by atoms with Crippen LogP contribution in [0.25, 0.3) is 10.9 Å². The molecule has 122 valence electrons. The number of hydrogen-bond donors (Lipinski definition) is 1. The first kappa shape index (κ1) is 15.6. The first-order valence-corrected chi connectivity index (χ1v) is 7.74. The van der Waals surface area contributed by atoms with Gasteiger partial charge < -0.3 is 10.0 Å². The quantitative estimate of drug-likeness (QED) is 0.682. The number of aliphatic hydroxyl groups excluding tert-OH is 1. The van der Waals surface area contributed by atoms with Crippen LogP contribution >= 0.6 is 0 Å². The second-order valence-electron chi connectivity index (χ2n) is 5.90. The van der Waals surface area contributed by atoms with Gasteiger partial charge in [0.2, 0.25) is 0 Å². The van der Waals surface area contributed by atoms with E-state index in [1.54, 1.807) is 31.3 Å². The summed E-state index contributed by atoms with van der Waals surface area (Å²) >= 11 is 0. The normalized spacial score (nSPS) is 17.4. The highest BCUT2D eigenvalue weighted by Crippen LogP contribution is 2.35. The fraction of sp³-hybridized carbons (Fsp3) is 0.438. The van der Waals surface area contributed by atoms with E-state index in [0.717, 1.165) is 13.1 Å². The van der Waals surface area contributed by atoms with Crippen molar-refractivity contribution in [3.63, 3.8) is 0 Å². The first-order valence-electron chi connectivity index (χ1n) is 7.74. The number of rotatable bonds is 4. The van der Waals surface area contributed by atoms with Gasteiger partial charge in [0.15, 0.2) is 0 Å². The molecule has 1 aliphatic heterocycles. The fourth-order valence-corrected chi connectivity index (χ4v) is 3.12. The molecule has 1 N–H and O–H groups in total. The van der Waals surface area contributed by atoms with Crippen LogP contribution < -0.4 is 4.90 Å². The molecule has 0 saturated carbocycles. The van der Waals surface area contributed by atoms with Crippen LogP contribution in [-0.2, 0) is 0 Å². The molecular formula is C16H20N4O3. The Hall–Kier alpha value is -2.25. The molecule has 3 rings (SSSR count). The molecular weight excluding hydrogens is 296 g/mol. The number of benzene rings is 1. The van der Waals surface area contributed by atoms with Gasteiger partial charge >= 0.3 is 5.69 Å². The van der Waals surface area contributed by atoms with Gasteiger partial charge in [-0.3, -0.25) is 20.0 Å². The van der Waals surface area contributed by atoms with Crippen LogP contribution in [0.1, 0.15) is 6.92 Å². The van der Waals surface area contributed by atoms with Crippen molar-refractivity contribution in [3.8, 4) is 0 Å². The molecule has 7 nitrogen and oxygen atoms in total. The summed E-state index contributed by atoms with van der Waals surface area (Å²) in [5.74, 6) is 0. The number of nitro benzene ring substituents is 1. The molecule has 0 spiro atoms. The van der Waals surface area contributed by atoms with Crippen LogP contribution in [-0.4, -0.2) is 58.7 Å². The molecule has 23 heavy (non-hydrogen) atoms. The van der Waals surface area contributed by atoms with E-state index in [4.69, 9.17) is 0 Å². The SMILES string of the molecule is C[C@@H](O)CN1CCN(c2ccc3ncccc3c2[N+](=O)[O-])CC1. The fourth-order valence-electron chi connectivity index (χ4n) is 3.12. The minimum atomic E-state index is -0.359. The highest BCUT2D eigenvalue weighted by atomic mass is 16.6. The minimum Gasteiger partial charge on any atom is -0.392 e. The third-order valence-corrected chi connectivity index (χ3v) is 4.15. The van der Waals surface area contributed by atoms with E-state index in [9.17, 15) is 15.2 Å². The molecule has 0 bridgehead atoms. The first-order chi connectivity index (χ1) is 11.1. The van der Waals surface area contributed by atoms with Crippen molar-refractivity contribution in [2.45, 2.75) is 13.0 Å².